The molecule has 3 aliphatic rings. The molecule has 1 aromatic rings. The normalized spacial score (nSPS) is 28.7. The second-order valence-corrected chi connectivity index (χ2v) is 6.86. The van der Waals surface area contributed by atoms with E-state index in [1.165, 1.54) is 44.9 Å². The molecule has 1 aromatic heterocycles. The van der Waals surface area contributed by atoms with Crippen LogP contribution in [0.25, 0.3) is 0 Å². The van der Waals surface area contributed by atoms with Crippen LogP contribution < -0.4 is 10.2 Å². The molecule has 2 unspecified atom stereocenters. The van der Waals surface area contributed by atoms with Crippen LogP contribution in [-0.2, 0) is 6.54 Å². The molecule has 0 bridgehead atoms. The molecule has 2 aliphatic carbocycles. The van der Waals surface area contributed by atoms with Crippen LogP contribution >= 0.6 is 0 Å². The molecule has 1 N–H and O–H groups in total. The zero-order valence-corrected chi connectivity index (χ0v) is 12.5. The first kappa shape index (κ1) is 13.5. The van der Waals surface area contributed by atoms with E-state index in [1.54, 1.807) is 6.20 Å². The molecule has 2 saturated carbocycles. The zero-order valence-electron chi connectivity index (χ0n) is 12.5. The van der Waals surface area contributed by atoms with Gasteiger partial charge >= 0.3 is 0 Å². The van der Waals surface area contributed by atoms with Gasteiger partial charge < -0.3 is 10.2 Å². The van der Waals surface area contributed by atoms with Crippen LogP contribution in [0, 0.1) is 11.7 Å². The summed E-state index contributed by atoms with van der Waals surface area (Å²) in [7, 11) is 0. The molecular formula is C17H24FN3. The topological polar surface area (TPSA) is 28.2 Å². The van der Waals surface area contributed by atoms with Crippen molar-refractivity contribution in [3.05, 3.63) is 23.6 Å². The van der Waals surface area contributed by atoms with E-state index >= 15 is 0 Å². The van der Waals surface area contributed by atoms with E-state index in [4.69, 9.17) is 0 Å². The smallest absolute Gasteiger partial charge is 0.170 e. The summed E-state index contributed by atoms with van der Waals surface area (Å²) >= 11 is 0. The Morgan fingerprint density at radius 3 is 2.90 bits per heavy atom. The van der Waals surface area contributed by atoms with Crippen LogP contribution in [0.5, 0.6) is 0 Å². The molecule has 2 heterocycles. The summed E-state index contributed by atoms with van der Waals surface area (Å²) in [6, 6.07) is 2.95. The molecule has 0 aromatic carbocycles. The van der Waals surface area contributed by atoms with Gasteiger partial charge in [0.05, 0.1) is 0 Å². The van der Waals surface area contributed by atoms with Gasteiger partial charge in [-0.3, -0.25) is 0 Å². The number of nitrogens with one attached hydrogen (secondary N) is 1. The summed E-state index contributed by atoms with van der Waals surface area (Å²) in [4.78, 5) is 6.63. The van der Waals surface area contributed by atoms with Gasteiger partial charge in [0.1, 0.15) is 0 Å². The van der Waals surface area contributed by atoms with Gasteiger partial charge in [-0.1, -0.05) is 12.8 Å². The molecule has 0 radical (unpaired) electrons. The van der Waals surface area contributed by atoms with E-state index in [-0.39, 0.29) is 5.82 Å². The van der Waals surface area contributed by atoms with E-state index in [1.807, 2.05) is 6.07 Å². The number of fused-ring (bicyclic) bond motifs is 1. The summed E-state index contributed by atoms with van der Waals surface area (Å²) in [5.41, 5.74) is 0.770. The fraction of sp³-hybridized carbons (Fsp3) is 0.706. The summed E-state index contributed by atoms with van der Waals surface area (Å²) in [6.45, 7) is 1.60. The van der Waals surface area contributed by atoms with Gasteiger partial charge in [-0.15, -0.1) is 0 Å². The number of anilines is 1. The van der Waals surface area contributed by atoms with Crippen molar-refractivity contribution in [3.63, 3.8) is 0 Å². The first-order chi connectivity index (χ1) is 10.3. The Bertz CT molecular complexity index is 515. The van der Waals surface area contributed by atoms with Crippen LogP contribution in [0.1, 0.15) is 50.5 Å². The number of hydrogen-bond donors (Lipinski definition) is 1. The predicted octanol–water partition coefficient (Wildman–Crippen LogP) is 3.24. The Morgan fingerprint density at radius 2 is 2.05 bits per heavy atom. The number of aromatic nitrogens is 1. The summed E-state index contributed by atoms with van der Waals surface area (Å²) in [6.07, 6.45) is 10.6. The van der Waals surface area contributed by atoms with E-state index in [0.717, 1.165) is 18.0 Å². The second-order valence-electron chi connectivity index (χ2n) is 6.86. The molecule has 0 spiro atoms. The molecule has 21 heavy (non-hydrogen) atoms. The standard InChI is InChI=1S/C17H24FN3/c18-16-13(11-20-14-5-6-14)7-9-19-17(16)21-10-8-12-3-1-2-4-15(12)21/h7,9,12,14-15,20H,1-6,8,10-11H2. The molecule has 1 aliphatic heterocycles. The Morgan fingerprint density at radius 1 is 1.19 bits per heavy atom. The lowest BCUT2D eigenvalue weighted by molar-refractivity contribution is 0.340. The van der Waals surface area contributed by atoms with Gasteiger partial charge in [-0.05, 0) is 44.1 Å². The molecule has 3 fully saturated rings. The molecular weight excluding hydrogens is 265 g/mol. The van der Waals surface area contributed by atoms with Crippen LogP contribution in [-0.4, -0.2) is 23.6 Å². The fourth-order valence-corrected chi connectivity index (χ4v) is 4.02. The Hall–Kier alpha value is -1.16. The summed E-state index contributed by atoms with van der Waals surface area (Å²) in [5.74, 6) is 1.25. The summed E-state index contributed by atoms with van der Waals surface area (Å²) in [5, 5.41) is 3.40. The van der Waals surface area contributed by atoms with Gasteiger partial charge in [0, 0.05) is 36.9 Å². The van der Waals surface area contributed by atoms with Crippen LogP contribution in [0.15, 0.2) is 12.3 Å². The fourth-order valence-electron chi connectivity index (χ4n) is 4.02. The SMILES string of the molecule is Fc1c(CNC2CC2)ccnc1N1CCC2CCCCC21. The number of rotatable bonds is 4. The predicted molar refractivity (Wildman–Crippen MR) is 81.8 cm³/mol. The molecule has 3 nitrogen and oxygen atoms in total. The van der Waals surface area contributed by atoms with Crippen molar-refractivity contribution in [2.45, 2.75) is 63.6 Å². The monoisotopic (exact) mass is 289 g/mol. The third-order valence-corrected chi connectivity index (χ3v) is 5.39. The maximum atomic E-state index is 14.8. The minimum atomic E-state index is -0.100. The van der Waals surface area contributed by atoms with E-state index in [2.05, 4.69) is 15.2 Å². The quantitative estimate of drug-likeness (QED) is 0.922. The number of nitrogens with zero attached hydrogens (tertiary/aromatic N) is 2. The highest BCUT2D eigenvalue weighted by atomic mass is 19.1. The molecule has 114 valence electrons. The van der Waals surface area contributed by atoms with Gasteiger partial charge in [-0.25, -0.2) is 9.37 Å². The number of hydrogen-bond acceptors (Lipinski definition) is 3. The van der Waals surface area contributed by atoms with Gasteiger partial charge in [0.2, 0.25) is 0 Å². The minimum Gasteiger partial charge on any atom is -0.351 e. The first-order valence-electron chi connectivity index (χ1n) is 8.46. The highest BCUT2D eigenvalue weighted by Gasteiger charge is 2.37. The molecule has 4 heteroatoms. The average Bonchev–Trinajstić information content (AvgIpc) is 3.24. The lowest BCUT2D eigenvalue weighted by Crippen LogP contribution is -2.36. The van der Waals surface area contributed by atoms with E-state index < -0.39 is 0 Å². The largest absolute Gasteiger partial charge is 0.351 e. The van der Waals surface area contributed by atoms with Crippen molar-refractivity contribution in [3.8, 4) is 0 Å². The highest BCUT2D eigenvalue weighted by Crippen LogP contribution is 2.39. The number of halogens is 1. The minimum absolute atomic E-state index is 0.100. The Balaban J connectivity index is 1.54. The maximum absolute atomic E-state index is 14.8. The lowest BCUT2D eigenvalue weighted by atomic mass is 9.85. The Labute approximate surface area is 125 Å². The van der Waals surface area contributed by atoms with Gasteiger partial charge in [0.15, 0.2) is 11.6 Å². The Kier molecular flexibility index (Phi) is 3.57. The van der Waals surface area contributed by atoms with Crippen molar-refractivity contribution in [2.75, 3.05) is 11.4 Å². The van der Waals surface area contributed by atoms with Gasteiger partial charge in [0.25, 0.3) is 0 Å². The molecule has 2 atom stereocenters. The lowest BCUT2D eigenvalue weighted by Gasteiger charge is -2.32. The van der Waals surface area contributed by atoms with Crippen molar-refractivity contribution >= 4 is 5.82 Å². The summed E-state index contributed by atoms with van der Waals surface area (Å²) < 4.78 is 14.8. The molecule has 0 amide bonds. The van der Waals surface area contributed by atoms with E-state index in [9.17, 15) is 4.39 Å². The van der Waals surface area contributed by atoms with Crippen molar-refractivity contribution < 1.29 is 4.39 Å². The first-order valence-corrected chi connectivity index (χ1v) is 8.46. The zero-order chi connectivity index (χ0) is 14.2. The third-order valence-electron chi connectivity index (χ3n) is 5.39. The van der Waals surface area contributed by atoms with E-state index in [0.29, 0.717) is 24.4 Å². The second kappa shape index (κ2) is 5.56. The highest BCUT2D eigenvalue weighted by molar-refractivity contribution is 5.45. The van der Waals surface area contributed by atoms with Crippen LogP contribution in [0.2, 0.25) is 0 Å². The molecule has 1 saturated heterocycles. The van der Waals surface area contributed by atoms with Crippen molar-refractivity contribution in [2.24, 2.45) is 5.92 Å². The van der Waals surface area contributed by atoms with Crippen molar-refractivity contribution in [1.82, 2.24) is 10.3 Å². The maximum Gasteiger partial charge on any atom is 0.170 e. The number of pyridine rings is 1. The third kappa shape index (κ3) is 2.66. The van der Waals surface area contributed by atoms with Crippen LogP contribution in [0.3, 0.4) is 0 Å². The average molecular weight is 289 g/mol. The van der Waals surface area contributed by atoms with Crippen LogP contribution in [0.4, 0.5) is 10.2 Å². The van der Waals surface area contributed by atoms with Crippen molar-refractivity contribution in [1.29, 1.82) is 0 Å². The van der Waals surface area contributed by atoms with Gasteiger partial charge in [-0.2, -0.15) is 0 Å². The molecule has 4 rings (SSSR count).